The van der Waals surface area contributed by atoms with E-state index < -0.39 is 12.1 Å². The number of nitrogens with zero attached hydrogens (tertiary/aromatic N) is 1. The topological polar surface area (TPSA) is 32.6 Å². The van der Waals surface area contributed by atoms with E-state index >= 15 is 0 Å². The monoisotopic (exact) mass is 165 g/mol. The van der Waals surface area contributed by atoms with Crippen molar-refractivity contribution in [3.05, 3.63) is 12.0 Å². The van der Waals surface area contributed by atoms with Crippen molar-refractivity contribution in [2.24, 2.45) is 10.9 Å². The van der Waals surface area contributed by atoms with Gasteiger partial charge in [0, 0.05) is 6.21 Å². The highest BCUT2D eigenvalue weighted by Crippen LogP contribution is 2.29. The minimum atomic E-state index is -4.25. The Labute approximate surface area is 61.1 Å². The number of rotatable bonds is 0. The Hall–Kier alpha value is -1.00. The Bertz CT molecular complexity index is 206. The Morgan fingerprint density at radius 2 is 2.18 bits per heavy atom. The van der Waals surface area contributed by atoms with E-state index in [1.807, 2.05) is 0 Å². The summed E-state index contributed by atoms with van der Waals surface area (Å²) in [7, 11) is 0. The van der Waals surface area contributed by atoms with E-state index in [1.165, 1.54) is 0 Å². The molecule has 0 aromatic carbocycles. The van der Waals surface area contributed by atoms with Gasteiger partial charge in [-0.1, -0.05) is 0 Å². The molecule has 1 aliphatic heterocycles. The van der Waals surface area contributed by atoms with E-state index in [0.29, 0.717) is 0 Å². The SMILES string of the molecule is OC1=CCC(C(F)(F)F)C=N1. The largest absolute Gasteiger partial charge is 0.494 e. The van der Waals surface area contributed by atoms with Gasteiger partial charge in [-0.05, 0) is 12.5 Å². The quantitative estimate of drug-likeness (QED) is 0.585. The van der Waals surface area contributed by atoms with Crippen LogP contribution >= 0.6 is 0 Å². The van der Waals surface area contributed by atoms with E-state index in [1.54, 1.807) is 0 Å². The maximum atomic E-state index is 11.9. The zero-order valence-electron chi connectivity index (χ0n) is 5.47. The molecule has 0 spiro atoms. The average Bonchev–Trinajstić information content (AvgIpc) is 1.86. The molecule has 1 atom stereocenters. The number of aliphatic imine (C=N–C) groups is 1. The van der Waals surface area contributed by atoms with Crippen LogP contribution in [0.25, 0.3) is 0 Å². The molecule has 0 saturated heterocycles. The summed E-state index contributed by atoms with van der Waals surface area (Å²) in [5.74, 6) is -1.89. The summed E-state index contributed by atoms with van der Waals surface area (Å²) in [6.07, 6.45) is -2.70. The number of aliphatic hydroxyl groups is 1. The minimum absolute atomic E-state index is 0.223. The second-order valence-electron chi connectivity index (χ2n) is 2.22. The fraction of sp³-hybridized carbons (Fsp3) is 0.500. The van der Waals surface area contributed by atoms with Gasteiger partial charge in [0.1, 0.15) is 0 Å². The van der Waals surface area contributed by atoms with Gasteiger partial charge in [-0.15, -0.1) is 0 Å². The van der Waals surface area contributed by atoms with Gasteiger partial charge in [-0.3, -0.25) is 0 Å². The third kappa shape index (κ3) is 1.96. The molecule has 0 aliphatic carbocycles. The molecule has 0 fully saturated rings. The lowest BCUT2D eigenvalue weighted by atomic mass is 10.1. The summed E-state index contributed by atoms with van der Waals surface area (Å²) in [5, 5.41) is 8.59. The van der Waals surface area contributed by atoms with Gasteiger partial charge in [0.05, 0.1) is 5.92 Å². The van der Waals surface area contributed by atoms with E-state index in [4.69, 9.17) is 5.11 Å². The molecule has 0 aromatic heterocycles. The predicted octanol–water partition coefficient (Wildman–Crippen LogP) is 2.04. The predicted molar refractivity (Wildman–Crippen MR) is 33.4 cm³/mol. The molecular weight excluding hydrogens is 159 g/mol. The normalized spacial score (nSPS) is 25.0. The highest BCUT2D eigenvalue weighted by atomic mass is 19.4. The van der Waals surface area contributed by atoms with Crippen molar-refractivity contribution in [2.75, 3.05) is 0 Å². The third-order valence-corrected chi connectivity index (χ3v) is 1.36. The van der Waals surface area contributed by atoms with Crippen molar-refractivity contribution in [3.8, 4) is 0 Å². The molecule has 2 nitrogen and oxygen atoms in total. The lowest BCUT2D eigenvalue weighted by molar-refractivity contribution is -0.153. The molecular formula is C6H6F3NO. The lowest BCUT2D eigenvalue weighted by Crippen LogP contribution is -2.25. The molecule has 0 amide bonds. The Morgan fingerprint density at radius 1 is 1.55 bits per heavy atom. The van der Waals surface area contributed by atoms with Crippen LogP contribution in [0, 0.1) is 5.92 Å². The number of halogens is 3. The first-order chi connectivity index (χ1) is 5.00. The molecule has 1 N–H and O–H groups in total. The molecule has 11 heavy (non-hydrogen) atoms. The summed E-state index contributed by atoms with van der Waals surface area (Å²) < 4.78 is 35.6. The standard InChI is InChI=1S/C6H6F3NO/c7-6(8,9)4-1-2-5(11)10-3-4/h2-4,11H,1H2. The first-order valence-electron chi connectivity index (χ1n) is 3.00. The molecule has 1 heterocycles. The van der Waals surface area contributed by atoms with Gasteiger partial charge < -0.3 is 5.11 Å². The van der Waals surface area contributed by atoms with Crippen molar-refractivity contribution in [1.29, 1.82) is 0 Å². The molecule has 0 saturated carbocycles. The van der Waals surface area contributed by atoms with Crippen LogP contribution in [0.3, 0.4) is 0 Å². The number of hydrogen-bond donors (Lipinski definition) is 1. The number of aliphatic hydroxyl groups excluding tert-OH is 1. The highest BCUT2D eigenvalue weighted by molar-refractivity contribution is 5.64. The molecule has 1 unspecified atom stereocenters. The van der Waals surface area contributed by atoms with Crippen molar-refractivity contribution in [2.45, 2.75) is 12.6 Å². The van der Waals surface area contributed by atoms with E-state index in [2.05, 4.69) is 4.99 Å². The minimum Gasteiger partial charge on any atom is -0.494 e. The molecule has 0 aromatic rings. The zero-order valence-corrected chi connectivity index (χ0v) is 5.47. The van der Waals surface area contributed by atoms with Crippen molar-refractivity contribution in [1.82, 2.24) is 0 Å². The molecule has 5 heteroatoms. The van der Waals surface area contributed by atoms with Crippen LogP contribution in [-0.2, 0) is 0 Å². The van der Waals surface area contributed by atoms with Gasteiger partial charge in [-0.25, -0.2) is 4.99 Å². The zero-order chi connectivity index (χ0) is 8.48. The number of allylic oxidation sites excluding steroid dienone is 1. The Morgan fingerprint density at radius 3 is 2.55 bits per heavy atom. The highest BCUT2D eigenvalue weighted by Gasteiger charge is 2.38. The number of alkyl halides is 3. The Kier molecular flexibility index (Phi) is 1.89. The van der Waals surface area contributed by atoms with Gasteiger partial charge in [0.25, 0.3) is 0 Å². The number of hydrogen-bond acceptors (Lipinski definition) is 2. The van der Waals surface area contributed by atoms with Crippen LogP contribution in [0.15, 0.2) is 17.0 Å². The van der Waals surface area contributed by atoms with E-state index in [9.17, 15) is 13.2 Å². The lowest BCUT2D eigenvalue weighted by Gasteiger charge is -2.16. The maximum Gasteiger partial charge on any atom is 0.396 e. The summed E-state index contributed by atoms with van der Waals surface area (Å²) in [6.45, 7) is 0. The van der Waals surface area contributed by atoms with Crippen LogP contribution < -0.4 is 0 Å². The molecule has 62 valence electrons. The van der Waals surface area contributed by atoms with E-state index in [-0.39, 0.29) is 12.3 Å². The van der Waals surface area contributed by atoms with Crippen LogP contribution in [-0.4, -0.2) is 17.5 Å². The second-order valence-corrected chi connectivity index (χ2v) is 2.22. The van der Waals surface area contributed by atoms with Gasteiger partial charge in [0.15, 0.2) is 0 Å². The third-order valence-electron chi connectivity index (χ3n) is 1.36. The second kappa shape index (κ2) is 2.56. The van der Waals surface area contributed by atoms with Crippen LogP contribution in [0.2, 0.25) is 0 Å². The summed E-state index contributed by atoms with van der Waals surface area (Å²) in [5.41, 5.74) is 0. The summed E-state index contributed by atoms with van der Waals surface area (Å²) in [6, 6.07) is 0. The van der Waals surface area contributed by atoms with Crippen LogP contribution in [0.4, 0.5) is 13.2 Å². The van der Waals surface area contributed by atoms with Gasteiger partial charge in [0.2, 0.25) is 5.88 Å². The molecule has 1 rings (SSSR count). The summed E-state index contributed by atoms with van der Waals surface area (Å²) >= 11 is 0. The average molecular weight is 165 g/mol. The molecule has 0 radical (unpaired) electrons. The van der Waals surface area contributed by atoms with Crippen molar-refractivity contribution >= 4 is 6.21 Å². The first-order valence-corrected chi connectivity index (χ1v) is 3.00. The maximum absolute atomic E-state index is 11.9. The fourth-order valence-corrected chi connectivity index (χ4v) is 0.730. The van der Waals surface area contributed by atoms with Crippen LogP contribution in [0.5, 0.6) is 0 Å². The van der Waals surface area contributed by atoms with Gasteiger partial charge >= 0.3 is 6.18 Å². The van der Waals surface area contributed by atoms with Crippen LogP contribution in [0.1, 0.15) is 6.42 Å². The Balaban J connectivity index is 2.63. The molecule has 0 bridgehead atoms. The molecule has 1 aliphatic rings. The fourth-order valence-electron chi connectivity index (χ4n) is 0.730. The van der Waals surface area contributed by atoms with Crippen molar-refractivity contribution in [3.63, 3.8) is 0 Å². The van der Waals surface area contributed by atoms with Gasteiger partial charge in [-0.2, -0.15) is 13.2 Å². The first kappa shape index (κ1) is 8.10. The smallest absolute Gasteiger partial charge is 0.396 e. The summed E-state index contributed by atoms with van der Waals surface area (Å²) in [4.78, 5) is 3.15. The van der Waals surface area contributed by atoms with Crippen molar-refractivity contribution < 1.29 is 18.3 Å². The van der Waals surface area contributed by atoms with E-state index in [0.717, 1.165) is 12.3 Å².